The molecule has 1 saturated heterocycles. The fourth-order valence-corrected chi connectivity index (χ4v) is 2.70. The highest BCUT2D eigenvalue weighted by Gasteiger charge is 2.17. The lowest BCUT2D eigenvalue weighted by molar-refractivity contribution is -0.384. The van der Waals surface area contributed by atoms with Crippen molar-refractivity contribution < 1.29 is 4.92 Å². The first kappa shape index (κ1) is 14.8. The van der Waals surface area contributed by atoms with Crippen molar-refractivity contribution in [2.75, 3.05) is 31.5 Å². The maximum atomic E-state index is 11.1. The molecule has 1 aromatic carbocycles. The Labute approximate surface area is 120 Å². The quantitative estimate of drug-likeness (QED) is 0.641. The van der Waals surface area contributed by atoms with Crippen LogP contribution < -0.4 is 5.32 Å². The molecular weight excluding hydrogens is 254 g/mol. The lowest BCUT2D eigenvalue weighted by Crippen LogP contribution is -2.28. The number of hydrogen-bond acceptors (Lipinski definition) is 4. The van der Waals surface area contributed by atoms with Gasteiger partial charge in [-0.25, -0.2) is 0 Å². The number of anilines is 1. The van der Waals surface area contributed by atoms with E-state index in [2.05, 4.69) is 17.1 Å². The molecule has 2 rings (SSSR count). The summed E-state index contributed by atoms with van der Waals surface area (Å²) in [6.07, 6.45) is 2.59. The van der Waals surface area contributed by atoms with Crippen LogP contribution in [0.1, 0.15) is 25.3 Å². The van der Waals surface area contributed by atoms with E-state index in [1.54, 1.807) is 12.1 Å². The molecule has 1 aliphatic heterocycles. The van der Waals surface area contributed by atoms with Gasteiger partial charge in [-0.15, -0.1) is 0 Å². The zero-order valence-corrected chi connectivity index (χ0v) is 12.3. The van der Waals surface area contributed by atoms with E-state index in [0.29, 0.717) is 11.6 Å². The molecule has 110 valence electrons. The Balaban J connectivity index is 1.91. The molecule has 1 fully saturated rings. The van der Waals surface area contributed by atoms with Gasteiger partial charge >= 0.3 is 0 Å². The minimum atomic E-state index is -0.319. The Bertz CT molecular complexity index is 470. The maximum Gasteiger partial charge on any atom is 0.292 e. The second-order valence-corrected chi connectivity index (χ2v) is 5.77. The number of benzene rings is 1. The van der Waals surface area contributed by atoms with Crippen LogP contribution in [0.5, 0.6) is 0 Å². The molecule has 1 N–H and O–H groups in total. The molecule has 1 atom stereocenters. The second kappa shape index (κ2) is 6.70. The Kier molecular flexibility index (Phi) is 4.95. The highest BCUT2D eigenvalue weighted by molar-refractivity contribution is 5.62. The molecule has 5 nitrogen and oxygen atoms in total. The molecule has 1 aromatic rings. The van der Waals surface area contributed by atoms with Gasteiger partial charge in [0.05, 0.1) is 4.92 Å². The van der Waals surface area contributed by atoms with Gasteiger partial charge in [0.2, 0.25) is 0 Å². The number of nitrogens with zero attached hydrogens (tertiary/aromatic N) is 2. The van der Waals surface area contributed by atoms with Crippen LogP contribution in [0.4, 0.5) is 11.4 Å². The molecule has 0 spiro atoms. The van der Waals surface area contributed by atoms with Crippen LogP contribution in [0.3, 0.4) is 0 Å². The maximum absolute atomic E-state index is 11.1. The van der Waals surface area contributed by atoms with Gasteiger partial charge in [-0.2, -0.15) is 0 Å². The van der Waals surface area contributed by atoms with Crippen LogP contribution >= 0.6 is 0 Å². The van der Waals surface area contributed by atoms with Gasteiger partial charge in [-0.3, -0.25) is 10.1 Å². The van der Waals surface area contributed by atoms with E-state index < -0.39 is 0 Å². The van der Waals surface area contributed by atoms with Gasteiger partial charge in [0, 0.05) is 19.2 Å². The van der Waals surface area contributed by atoms with E-state index in [4.69, 9.17) is 0 Å². The Morgan fingerprint density at radius 1 is 1.40 bits per heavy atom. The zero-order chi connectivity index (χ0) is 14.5. The van der Waals surface area contributed by atoms with Crippen LogP contribution in [0.2, 0.25) is 0 Å². The van der Waals surface area contributed by atoms with E-state index in [9.17, 15) is 10.1 Å². The molecule has 0 bridgehead atoms. The van der Waals surface area contributed by atoms with Crippen molar-refractivity contribution in [2.45, 2.75) is 26.7 Å². The summed E-state index contributed by atoms with van der Waals surface area (Å²) in [7, 11) is 0. The number of aryl methyl sites for hydroxylation is 1. The van der Waals surface area contributed by atoms with Gasteiger partial charge < -0.3 is 10.2 Å². The normalized spacial score (nSPS) is 17.1. The topological polar surface area (TPSA) is 58.4 Å². The van der Waals surface area contributed by atoms with Crippen LogP contribution in [0.15, 0.2) is 18.2 Å². The Hall–Kier alpha value is -1.62. The molecule has 0 radical (unpaired) electrons. The van der Waals surface area contributed by atoms with Crippen molar-refractivity contribution in [1.29, 1.82) is 0 Å². The monoisotopic (exact) mass is 277 g/mol. The molecule has 0 aromatic heterocycles. The summed E-state index contributed by atoms with van der Waals surface area (Å²) in [5.74, 6) is 0.481. The van der Waals surface area contributed by atoms with Crippen molar-refractivity contribution in [1.82, 2.24) is 4.90 Å². The number of hydrogen-bond donors (Lipinski definition) is 1. The first-order valence-corrected chi connectivity index (χ1v) is 7.27. The average Bonchev–Trinajstić information content (AvgIpc) is 2.90. The number of nitrogens with one attached hydrogen (secondary N) is 1. The van der Waals surface area contributed by atoms with Gasteiger partial charge in [0.15, 0.2) is 0 Å². The third-order valence-electron chi connectivity index (χ3n) is 3.76. The van der Waals surface area contributed by atoms with E-state index in [0.717, 1.165) is 18.7 Å². The molecule has 0 amide bonds. The summed E-state index contributed by atoms with van der Waals surface area (Å²) in [5.41, 5.74) is 1.69. The van der Waals surface area contributed by atoms with Gasteiger partial charge in [-0.05, 0) is 50.4 Å². The Morgan fingerprint density at radius 2 is 2.10 bits per heavy atom. The predicted octanol–water partition coefficient (Wildman–Crippen LogP) is 3.05. The lowest BCUT2D eigenvalue weighted by Gasteiger charge is -2.20. The van der Waals surface area contributed by atoms with E-state index in [-0.39, 0.29) is 10.6 Å². The minimum absolute atomic E-state index is 0.165. The van der Waals surface area contributed by atoms with Crippen LogP contribution in [-0.2, 0) is 0 Å². The molecule has 5 heteroatoms. The van der Waals surface area contributed by atoms with Crippen LogP contribution in [0.25, 0.3) is 0 Å². The molecule has 1 heterocycles. The molecule has 1 aliphatic rings. The van der Waals surface area contributed by atoms with Gasteiger partial charge in [-0.1, -0.05) is 13.0 Å². The molecule has 20 heavy (non-hydrogen) atoms. The van der Waals surface area contributed by atoms with E-state index >= 15 is 0 Å². The average molecular weight is 277 g/mol. The summed E-state index contributed by atoms with van der Waals surface area (Å²) < 4.78 is 0. The predicted molar refractivity (Wildman–Crippen MR) is 81.2 cm³/mol. The third-order valence-corrected chi connectivity index (χ3v) is 3.76. The number of rotatable bonds is 6. The van der Waals surface area contributed by atoms with Crippen molar-refractivity contribution in [3.8, 4) is 0 Å². The van der Waals surface area contributed by atoms with Gasteiger partial charge in [0.25, 0.3) is 5.69 Å². The summed E-state index contributed by atoms with van der Waals surface area (Å²) in [4.78, 5) is 13.2. The Morgan fingerprint density at radius 3 is 2.75 bits per heavy atom. The van der Waals surface area contributed by atoms with Crippen molar-refractivity contribution >= 4 is 11.4 Å². The largest absolute Gasteiger partial charge is 0.379 e. The fourth-order valence-electron chi connectivity index (χ4n) is 2.70. The second-order valence-electron chi connectivity index (χ2n) is 5.77. The van der Waals surface area contributed by atoms with Crippen molar-refractivity contribution in [3.63, 3.8) is 0 Å². The van der Waals surface area contributed by atoms with Crippen LogP contribution in [-0.4, -0.2) is 36.0 Å². The SMILES string of the molecule is Cc1ccc(NCC(C)CN2CCCC2)c([N+](=O)[O-])c1. The van der Waals surface area contributed by atoms with Gasteiger partial charge in [0.1, 0.15) is 5.69 Å². The smallest absolute Gasteiger partial charge is 0.292 e. The van der Waals surface area contributed by atoms with E-state index in [1.165, 1.54) is 25.9 Å². The molecule has 0 saturated carbocycles. The fraction of sp³-hybridized carbons (Fsp3) is 0.600. The lowest BCUT2D eigenvalue weighted by atomic mass is 10.1. The summed E-state index contributed by atoms with van der Waals surface area (Å²) in [6, 6.07) is 5.32. The van der Waals surface area contributed by atoms with Crippen molar-refractivity contribution in [3.05, 3.63) is 33.9 Å². The number of nitro groups is 1. The number of likely N-dealkylation sites (tertiary alicyclic amines) is 1. The van der Waals surface area contributed by atoms with E-state index in [1.807, 2.05) is 13.0 Å². The minimum Gasteiger partial charge on any atom is -0.379 e. The molecule has 0 aliphatic carbocycles. The zero-order valence-electron chi connectivity index (χ0n) is 12.3. The highest BCUT2D eigenvalue weighted by Crippen LogP contribution is 2.25. The number of nitro benzene ring substituents is 1. The first-order valence-electron chi connectivity index (χ1n) is 7.27. The highest BCUT2D eigenvalue weighted by atomic mass is 16.6. The summed E-state index contributed by atoms with van der Waals surface area (Å²) >= 11 is 0. The summed E-state index contributed by atoms with van der Waals surface area (Å²) in [6.45, 7) is 8.26. The van der Waals surface area contributed by atoms with Crippen LogP contribution in [0, 0.1) is 23.0 Å². The molecule has 1 unspecified atom stereocenters. The summed E-state index contributed by atoms with van der Waals surface area (Å²) in [5, 5.41) is 14.3. The standard InChI is InChI=1S/C15H23N3O2/c1-12-5-6-14(15(9-12)18(19)20)16-10-13(2)11-17-7-3-4-8-17/h5-6,9,13,16H,3-4,7-8,10-11H2,1-2H3. The van der Waals surface area contributed by atoms with Crippen molar-refractivity contribution in [2.24, 2.45) is 5.92 Å². The third kappa shape index (κ3) is 3.93. The molecular formula is C15H23N3O2. The first-order chi connectivity index (χ1) is 9.56.